The molecule has 4 saturated carbocycles. The molecule has 4 bridgehead atoms. The predicted octanol–water partition coefficient (Wildman–Crippen LogP) is 4.49. The second kappa shape index (κ2) is 7.74. The first-order chi connectivity index (χ1) is 14.8. The van der Waals surface area contributed by atoms with E-state index in [0.717, 1.165) is 30.6 Å². The molecule has 4 aliphatic carbocycles. The van der Waals surface area contributed by atoms with E-state index in [1.165, 1.54) is 49.6 Å². The molecule has 1 heterocycles. The first-order valence-electron chi connectivity index (χ1n) is 10.7. The van der Waals surface area contributed by atoms with Crippen molar-refractivity contribution in [2.45, 2.75) is 42.7 Å². The fourth-order valence-electron chi connectivity index (χ4n) is 6.12. The molecule has 8 heteroatoms. The van der Waals surface area contributed by atoms with Crippen LogP contribution in [0.1, 0.15) is 48.9 Å². The molecule has 1 aromatic heterocycles. The van der Waals surface area contributed by atoms with Gasteiger partial charge in [-0.05, 0) is 92.0 Å². The number of thiophene rings is 1. The molecule has 6 nitrogen and oxygen atoms in total. The van der Waals surface area contributed by atoms with Crippen molar-refractivity contribution in [1.82, 2.24) is 0 Å². The molecule has 0 unspecified atom stereocenters. The van der Waals surface area contributed by atoms with Gasteiger partial charge in [0.25, 0.3) is 10.0 Å². The average molecular weight is 460 g/mol. The zero-order valence-electron chi connectivity index (χ0n) is 17.1. The third kappa shape index (κ3) is 4.03. The maximum absolute atomic E-state index is 13.0. The highest BCUT2D eigenvalue weighted by Gasteiger charge is 2.54. The van der Waals surface area contributed by atoms with E-state index >= 15 is 0 Å². The average Bonchev–Trinajstić information content (AvgIpc) is 3.27. The van der Waals surface area contributed by atoms with Crippen LogP contribution < -0.4 is 4.72 Å². The summed E-state index contributed by atoms with van der Waals surface area (Å²) >= 11 is 1.13. The van der Waals surface area contributed by atoms with Crippen molar-refractivity contribution in [3.05, 3.63) is 47.3 Å². The minimum absolute atomic E-state index is 0.0697. The standard InChI is InChI=1S/C23H25NO5S2/c25-20(23-11-15-8-16(12-23)10-17(9-15)13-23)14-29-22(26)18-3-5-19(6-4-18)24-31(27,28)21-2-1-7-30-21/h1-7,15-17,24H,8-14H2. The van der Waals surface area contributed by atoms with Crippen molar-refractivity contribution in [3.8, 4) is 0 Å². The van der Waals surface area contributed by atoms with Crippen LogP contribution >= 0.6 is 11.3 Å². The molecule has 0 spiro atoms. The van der Waals surface area contributed by atoms with E-state index in [9.17, 15) is 18.0 Å². The molecule has 0 atom stereocenters. The second-order valence-corrected chi connectivity index (χ2v) is 12.2. The van der Waals surface area contributed by atoms with E-state index in [4.69, 9.17) is 4.74 Å². The van der Waals surface area contributed by atoms with Gasteiger partial charge >= 0.3 is 5.97 Å². The normalized spacial score (nSPS) is 29.0. The number of benzene rings is 1. The minimum Gasteiger partial charge on any atom is -0.454 e. The molecule has 164 valence electrons. The van der Waals surface area contributed by atoms with Gasteiger partial charge in [0, 0.05) is 11.1 Å². The Morgan fingerprint density at radius 3 is 2.16 bits per heavy atom. The molecule has 31 heavy (non-hydrogen) atoms. The van der Waals surface area contributed by atoms with E-state index in [0.29, 0.717) is 23.4 Å². The quantitative estimate of drug-likeness (QED) is 0.616. The number of hydrogen-bond acceptors (Lipinski definition) is 6. The van der Waals surface area contributed by atoms with Crippen LogP contribution in [0.5, 0.6) is 0 Å². The molecule has 1 N–H and O–H groups in total. The Kier molecular flexibility index (Phi) is 5.17. The van der Waals surface area contributed by atoms with Crippen LogP contribution in [0.3, 0.4) is 0 Å². The van der Waals surface area contributed by atoms with Gasteiger partial charge in [-0.1, -0.05) is 6.07 Å². The number of nitrogens with one attached hydrogen (secondary N) is 1. The molecule has 0 radical (unpaired) electrons. The maximum Gasteiger partial charge on any atom is 0.338 e. The van der Waals surface area contributed by atoms with Gasteiger partial charge in [-0.15, -0.1) is 11.3 Å². The SMILES string of the molecule is O=C(OCC(=O)C12CC3CC(CC(C3)C1)C2)c1ccc(NS(=O)(=O)c2cccs2)cc1. The zero-order chi connectivity index (χ0) is 21.6. The summed E-state index contributed by atoms with van der Waals surface area (Å²) in [7, 11) is -3.64. The molecule has 1 aromatic carbocycles. The van der Waals surface area contributed by atoms with Gasteiger partial charge in [0.2, 0.25) is 0 Å². The lowest BCUT2D eigenvalue weighted by Crippen LogP contribution is -2.51. The summed E-state index contributed by atoms with van der Waals surface area (Å²) in [6, 6.07) is 9.24. The highest BCUT2D eigenvalue weighted by Crippen LogP contribution is 2.60. The highest BCUT2D eigenvalue weighted by atomic mass is 32.2. The predicted molar refractivity (Wildman–Crippen MR) is 117 cm³/mol. The smallest absolute Gasteiger partial charge is 0.338 e. The van der Waals surface area contributed by atoms with Crippen LogP contribution in [0.4, 0.5) is 5.69 Å². The Balaban J connectivity index is 1.19. The third-order valence-electron chi connectivity index (χ3n) is 7.10. The first kappa shape index (κ1) is 20.7. The highest BCUT2D eigenvalue weighted by molar-refractivity contribution is 7.94. The lowest BCUT2D eigenvalue weighted by atomic mass is 9.48. The Morgan fingerprint density at radius 1 is 1.00 bits per heavy atom. The van der Waals surface area contributed by atoms with Crippen LogP contribution in [0.15, 0.2) is 46.0 Å². The Bertz CT molecular complexity index is 1050. The number of Topliss-reactive ketones (excluding diaryl/α,β-unsaturated/α-hetero) is 1. The molecular formula is C23H25NO5S2. The maximum atomic E-state index is 13.0. The van der Waals surface area contributed by atoms with Crippen LogP contribution in [0.25, 0.3) is 0 Å². The minimum atomic E-state index is -3.64. The van der Waals surface area contributed by atoms with E-state index < -0.39 is 16.0 Å². The summed E-state index contributed by atoms with van der Waals surface area (Å²) < 4.78 is 32.6. The number of esters is 1. The summed E-state index contributed by atoms with van der Waals surface area (Å²) in [5.74, 6) is 1.50. The number of carbonyl (C=O) groups excluding carboxylic acids is 2. The summed E-state index contributed by atoms with van der Waals surface area (Å²) in [6.07, 6.45) is 6.64. The Labute approximate surface area is 186 Å². The number of anilines is 1. The van der Waals surface area contributed by atoms with Gasteiger partial charge in [-0.2, -0.15) is 0 Å². The molecule has 4 fully saturated rings. The van der Waals surface area contributed by atoms with Crippen molar-refractivity contribution in [2.75, 3.05) is 11.3 Å². The summed E-state index contributed by atoms with van der Waals surface area (Å²) in [5.41, 5.74) is 0.367. The summed E-state index contributed by atoms with van der Waals surface area (Å²) in [4.78, 5) is 25.5. The van der Waals surface area contributed by atoms with Crippen molar-refractivity contribution in [1.29, 1.82) is 0 Å². The molecule has 4 aliphatic rings. The number of hydrogen-bond donors (Lipinski definition) is 1. The van der Waals surface area contributed by atoms with E-state index in [-0.39, 0.29) is 27.6 Å². The fraction of sp³-hybridized carbons (Fsp3) is 0.478. The Hall–Kier alpha value is -2.19. The molecule has 0 aliphatic heterocycles. The molecular weight excluding hydrogens is 434 g/mol. The van der Waals surface area contributed by atoms with Crippen LogP contribution in [-0.4, -0.2) is 26.8 Å². The fourth-order valence-corrected chi connectivity index (χ4v) is 8.17. The van der Waals surface area contributed by atoms with Crippen molar-refractivity contribution in [3.63, 3.8) is 0 Å². The van der Waals surface area contributed by atoms with Crippen molar-refractivity contribution < 1.29 is 22.7 Å². The lowest BCUT2D eigenvalue weighted by Gasteiger charge is -2.55. The molecule has 2 aromatic rings. The van der Waals surface area contributed by atoms with Gasteiger partial charge in [-0.3, -0.25) is 9.52 Å². The Morgan fingerprint density at radius 2 is 1.61 bits per heavy atom. The van der Waals surface area contributed by atoms with E-state index in [1.807, 2.05) is 0 Å². The number of sulfonamides is 1. The van der Waals surface area contributed by atoms with Gasteiger partial charge in [0.1, 0.15) is 4.21 Å². The van der Waals surface area contributed by atoms with Crippen LogP contribution in [0.2, 0.25) is 0 Å². The largest absolute Gasteiger partial charge is 0.454 e. The molecule has 0 amide bonds. The topological polar surface area (TPSA) is 89.5 Å². The molecule has 6 rings (SSSR count). The van der Waals surface area contributed by atoms with Gasteiger partial charge in [0.15, 0.2) is 12.4 Å². The number of carbonyl (C=O) groups is 2. The molecule has 0 saturated heterocycles. The van der Waals surface area contributed by atoms with Gasteiger partial charge < -0.3 is 4.74 Å². The van der Waals surface area contributed by atoms with E-state index in [2.05, 4.69) is 4.72 Å². The van der Waals surface area contributed by atoms with E-state index in [1.54, 1.807) is 11.4 Å². The number of ketones is 1. The van der Waals surface area contributed by atoms with Crippen molar-refractivity contribution in [2.24, 2.45) is 23.2 Å². The van der Waals surface area contributed by atoms with Gasteiger partial charge in [0.05, 0.1) is 5.56 Å². The van der Waals surface area contributed by atoms with Gasteiger partial charge in [-0.25, -0.2) is 13.2 Å². The van der Waals surface area contributed by atoms with Crippen molar-refractivity contribution >= 4 is 38.8 Å². The monoisotopic (exact) mass is 459 g/mol. The lowest BCUT2D eigenvalue weighted by molar-refractivity contribution is -0.147. The van der Waals surface area contributed by atoms with Crippen LogP contribution in [-0.2, 0) is 19.6 Å². The number of rotatable bonds is 7. The summed E-state index contributed by atoms with van der Waals surface area (Å²) in [5, 5.41) is 1.69. The summed E-state index contributed by atoms with van der Waals surface area (Å²) in [6.45, 7) is -0.183. The zero-order valence-corrected chi connectivity index (χ0v) is 18.7. The number of ether oxygens (including phenoxy) is 1. The second-order valence-electron chi connectivity index (χ2n) is 9.31. The van der Waals surface area contributed by atoms with Crippen LogP contribution in [0, 0.1) is 23.2 Å². The first-order valence-corrected chi connectivity index (χ1v) is 13.1. The third-order valence-corrected chi connectivity index (χ3v) is 9.88.